The zero-order valence-corrected chi connectivity index (χ0v) is 19.5. The minimum absolute atomic E-state index is 0.438. The van der Waals surface area contributed by atoms with Crippen LogP contribution in [0.5, 0.6) is 11.5 Å². The highest BCUT2D eigenvalue weighted by atomic mass is 16.5. The fourth-order valence-corrected chi connectivity index (χ4v) is 3.85. The minimum atomic E-state index is 0.438. The molecule has 0 radical (unpaired) electrons. The van der Waals surface area contributed by atoms with Crippen LogP contribution in [0.1, 0.15) is 48.7 Å². The standard InChI is InChI=1S/C28H32N2O2/c1-20(2)23-12-14-24(15-13-23)32-19-28-29-25-8-5-6-9-26(25)30(28)16-7-17-31-27-18-21(3)10-11-22(27)4/h5-6,8-15,18,20H,7,16-17,19H2,1-4H3. The summed E-state index contributed by atoms with van der Waals surface area (Å²) in [5.74, 6) is 3.28. The van der Waals surface area contributed by atoms with Crippen molar-refractivity contribution in [2.45, 2.75) is 53.2 Å². The summed E-state index contributed by atoms with van der Waals surface area (Å²) in [5, 5.41) is 0. The molecule has 0 unspecified atom stereocenters. The Morgan fingerprint density at radius 2 is 1.69 bits per heavy atom. The summed E-state index contributed by atoms with van der Waals surface area (Å²) in [6, 6.07) is 22.9. The molecular formula is C28H32N2O2. The zero-order chi connectivity index (χ0) is 22.5. The average molecular weight is 429 g/mol. The van der Waals surface area contributed by atoms with Crippen LogP contribution in [0.25, 0.3) is 11.0 Å². The molecule has 4 nitrogen and oxygen atoms in total. The molecule has 4 rings (SSSR count). The number of imidazole rings is 1. The van der Waals surface area contributed by atoms with Gasteiger partial charge in [-0.25, -0.2) is 4.98 Å². The Morgan fingerprint density at radius 1 is 0.906 bits per heavy atom. The van der Waals surface area contributed by atoms with Gasteiger partial charge in [-0.1, -0.05) is 50.2 Å². The minimum Gasteiger partial charge on any atom is -0.493 e. The van der Waals surface area contributed by atoms with E-state index >= 15 is 0 Å². The van der Waals surface area contributed by atoms with Crippen molar-refractivity contribution < 1.29 is 9.47 Å². The maximum absolute atomic E-state index is 6.09. The van der Waals surface area contributed by atoms with Gasteiger partial charge < -0.3 is 14.0 Å². The topological polar surface area (TPSA) is 36.3 Å². The normalized spacial score (nSPS) is 11.3. The van der Waals surface area contributed by atoms with Crippen LogP contribution in [0.2, 0.25) is 0 Å². The fraction of sp³-hybridized carbons (Fsp3) is 0.321. The van der Waals surface area contributed by atoms with E-state index in [-0.39, 0.29) is 0 Å². The molecule has 166 valence electrons. The Bertz CT molecular complexity index is 1180. The van der Waals surface area contributed by atoms with Gasteiger partial charge in [0.2, 0.25) is 0 Å². The first-order chi connectivity index (χ1) is 15.5. The van der Waals surface area contributed by atoms with E-state index in [0.29, 0.717) is 19.1 Å². The van der Waals surface area contributed by atoms with Crippen molar-refractivity contribution in [3.63, 3.8) is 0 Å². The van der Waals surface area contributed by atoms with Crippen molar-refractivity contribution in [1.82, 2.24) is 9.55 Å². The third kappa shape index (κ3) is 5.13. The molecule has 0 saturated heterocycles. The predicted octanol–water partition coefficient (Wildman–Crippen LogP) is 6.82. The van der Waals surface area contributed by atoms with Crippen molar-refractivity contribution in [1.29, 1.82) is 0 Å². The van der Waals surface area contributed by atoms with Crippen LogP contribution in [0.15, 0.2) is 66.7 Å². The van der Waals surface area contributed by atoms with Gasteiger partial charge in [0.15, 0.2) is 0 Å². The van der Waals surface area contributed by atoms with Crippen LogP contribution in [0, 0.1) is 13.8 Å². The number of hydrogen-bond donors (Lipinski definition) is 0. The number of aryl methyl sites for hydroxylation is 3. The summed E-state index contributed by atoms with van der Waals surface area (Å²) in [5.41, 5.74) is 5.83. The Labute approximate surface area is 190 Å². The van der Waals surface area contributed by atoms with Gasteiger partial charge in [0.05, 0.1) is 17.6 Å². The second-order valence-corrected chi connectivity index (χ2v) is 8.65. The van der Waals surface area contributed by atoms with E-state index in [9.17, 15) is 0 Å². The lowest BCUT2D eigenvalue weighted by molar-refractivity contribution is 0.279. The molecule has 0 aliphatic rings. The van der Waals surface area contributed by atoms with Crippen LogP contribution in [0.4, 0.5) is 0 Å². The number of ether oxygens (including phenoxy) is 2. The summed E-state index contributed by atoms with van der Waals surface area (Å²) in [7, 11) is 0. The highest BCUT2D eigenvalue weighted by molar-refractivity contribution is 5.75. The quantitative estimate of drug-likeness (QED) is 0.274. The monoisotopic (exact) mass is 428 g/mol. The van der Waals surface area contributed by atoms with Crippen LogP contribution < -0.4 is 9.47 Å². The summed E-state index contributed by atoms with van der Waals surface area (Å²) in [6.07, 6.45) is 0.893. The van der Waals surface area contributed by atoms with E-state index in [1.54, 1.807) is 0 Å². The summed E-state index contributed by atoms with van der Waals surface area (Å²) < 4.78 is 14.4. The molecule has 0 bridgehead atoms. The number of hydrogen-bond acceptors (Lipinski definition) is 3. The van der Waals surface area contributed by atoms with Gasteiger partial charge in [-0.15, -0.1) is 0 Å². The maximum atomic E-state index is 6.09. The number of rotatable bonds is 9. The lowest BCUT2D eigenvalue weighted by atomic mass is 10.0. The highest BCUT2D eigenvalue weighted by Gasteiger charge is 2.11. The molecule has 3 aromatic carbocycles. The van der Waals surface area contributed by atoms with Gasteiger partial charge in [0, 0.05) is 6.54 Å². The summed E-state index contributed by atoms with van der Waals surface area (Å²) in [4.78, 5) is 4.83. The number of aromatic nitrogens is 2. The first-order valence-corrected chi connectivity index (χ1v) is 11.4. The Balaban J connectivity index is 1.43. The van der Waals surface area contributed by atoms with E-state index in [1.807, 2.05) is 18.2 Å². The van der Waals surface area contributed by atoms with Gasteiger partial charge in [-0.2, -0.15) is 0 Å². The maximum Gasteiger partial charge on any atom is 0.147 e. The number of fused-ring (bicyclic) bond motifs is 1. The highest BCUT2D eigenvalue weighted by Crippen LogP contribution is 2.22. The molecule has 0 spiro atoms. The van der Waals surface area contributed by atoms with Crippen molar-refractivity contribution in [3.8, 4) is 11.5 Å². The molecule has 0 atom stereocenters. The van der Waals surface area contributed by atoms with Crippen LogP contribution in [0.3, 0.4) is 0 Å². The molecule has 0 saturated carbocycles. The average Bonchev–Trinajstić information content (AvgIpc) is 3.15. The Morgan fingerprint density at radius 3 is 2.47 bits per heavy atom. The lowest BCUT2D eigenvalue weighted by Crippen LogP contribution is -2.10. The van der Waals surface area contributed by atoms with Crippen molar-refractivity contribution in [3.05, 3.63) is 89.2 Å². The largest absolute Gasteiger partial charge is 0.493 e. The van der Waals surface area contributed by atoms with E-state index in [1.165, 1.54) is 16.7 Å². The SMILES string of the molecule is Cc1ccc(C)c(OCCCn2c(COc3ccc(C(C)C)cc3)nc3ccccc32)c1. The van der Waals surface area contributed by atoms with Crippen molar-refractivity contribution >= 4 is 11.0 Å². The Kier molecular flexibility index (Phi) is 6.79. The third-order valence-corrected chi connectivity index (χ3v) is 5.78. The van der Waals surface area contributed by atoms with E-state index < -0.39 is 0 Å². The molecule has 0 aliphatic heterocycles. The predicted molar refractivity (Wildman–Crippen MR) is 131 cm³/mol. The molecule has 0 amide bonds. The van der Waals surface area contributed by atoms with Gasteiger partial charge in [0.1, 0.15) is 23.9 Å². The molecule has 1 aromatic heterocycles. The molecular weight excluding hydrogens is 396 g/mol. The number of benzene rings is 3. The second kappa shape index (κ2) is 9.90. The number of nitrogens with zero attached hydrogens (tertiary/aromatic N) is 2. The first-order valence-electron chi connectivity index (χ1n) is 11.4. The van der Waals surface area contributed by atoms with Crippen molar-refractivity contribution in [2.75, 3.05) is 6.61 Å². The summed E-state index contributed by atoms with van der Waals surface area (Å²) in [6.45, 7) is 10.5. The van der Waals surface area contributed by atoms with Gasteiger partial charge >= 0.3 is 0 Å². The molecule has 0 N–H and O–H groups in total. The summed E-state index contributed by atoms with van der Waals surface area (Å²) >= 11 is 0. The van der Waals surface area contributed by atoms with Crippen LogP contribution in [-0.2, 0) is 13.2 Å². The molecule has 4 heteroatoms. The number of para-hydroxylation sites is 2. The van der Waals surface area contributed by atoms with Crippen LogP contribution in [-0.4, -0.2) is 16.2 Å². The second-order valence-electron chi connectivity index (χ2n) is 8.65. The zero-order valence-electron chi connectivity index (χ0n) is 19.5. The molecule has 32 heavy (non-hydrogen) atoms. The smallest absolute Gasteiger partial charge is 0.147 e. The molecule has 4 aromatic rings. The lowest BCUT2D eigenvalue weighted by Gasteiger charge is -2.13. The van der Waals surface area contributed by atoms with Crippen molar-refractivity contribution in [2.24, 2.45) is 0 Å². The van der Waals surface area contributed by atoms with Gasteiger partial charge in [-0.05, 0) is 73.2 Å². The molecule has 0 aliphatic carbocycles. The van der Waals surface area contributed by atoms with Gasteiger partial charge in [0.25, 0.3) is 0 Å². The van der Waals surface area contributed by atoms with E-state index in [2.05, 4.69) is 80.8 Å². The third-order valence-electron chi connectivity index (χ3n) is 5.78. The van der Waals surface area contributed by atoms with Crippen LogP contribution >= 0.6 is 0 Å². The van der Waals surface area contributed by atoms with E-state index in [4.69, 9.17) is 14.5 Å². The van der Waals surface area contributed by atoms with E-state index in [0.717, 1.165) is 41.3 Å². The molecule has 0 fully saturated rings. The fourth-order valence-electron chi connectivity index (χ4n) is 3.85. The van der Waals surface area contributed by atoms with Gasteiger partial charge in [-0.3, -0.25) is 0 Å². The molecule has 1 heterocycles. The Hall–Kier alpha value is -3.27. The first kappa shape index (κ1) is 21.9.